The van der Waals surface area contributed by atoms with Gasteiger partial charge in [-0.1, -0.05) is 167 Å². The van der Waals surface area contributed by atoms with Crippen molar-refractivity contribution < 1.29 is 44.8 Å². The van der Waals surface area contributed by atoms with Gasteiger partial charge in [0, 0.05) is 0 Å². The van der Waals surface area contributed by atoms with Crippen molar-refractivity contribution in [3.8, 4) is 11.8 Å². The van der Waals surface area contributed by atoms with Crippen LogP contribution in [-0.2, 0) is 44.8 Å². The molecule has 278 valence electrons. The number of fused-ring (bicyclic) bond motifs is 4. The van der Waals surface area contributed by atoms with Crippen LogP contribution in [0.2, 0.25) is 0 Å². The summed E-state index contributed by atoms with van der Waals surface area (Å²) in [5, 5.41) is 15.1. The standard InChI is InChI=1S/C20H20P2.2C16H9.2Ag/c1-21(17-11-5-3-6-12-17)19-15-9-10-16-20(19)22(2)18-13-7-4-8-14-18;2*1-2-14-15-9-5-3-7-12(15)11-13-8-4-6-10-16(13)14;;/h3-16H,1-2H3;2*3-11H;;/q;2*-1;2*+1/p+2. The molecular formula is C52H40Ag2P2+2. The van der Waals surface area contributed by atoms with Gasteiger partial charge < -0.3 is 12.8 Å². The minimum absolute atomic E-state index is 0. The Labute approximate surface area is 365 Å². The van der Waals surface area contributed by atoms with Crippen molar-refractivity contribution in [1.29, 1.82) is 0 Å². The molecule has 0 spiro atoms. The van der Waals surface area contributed by atoms with Gasteiger partial charge in [0.1, 0.15) is 10.6 Å². The maximum Gasteiger partial charge on any atom is 1.00 e. The maximum absolute atomic E-state index is 7.46. The normalized spacial score (nSPS) is 11.3. The molecule has 2 unspecified atom stereocenters. The molecule has 0 amide bonds. The first-order valence-electron chi connectivity index (χ1n) is 18.1. The van der Waals surface area contributed by atoms with E-state index in [2.05, 4.69) is 146 Å². The molecule has 0 saturated carbocycles. The molecule has 9 aromatic carbocycles. The van der Waals surface area contributed by atoms with E-state index in [1.54, 1.807) is 10.6 Å². The summed E-state index contributed by atoms with van der Waals surface area (Å²) in [6.07, 6.45) is 14.9. The van der Waals surface area contributed by atoms with E-state index in [1.165, 1.54) is 10.6 Å². The van der Waals surface area contributed by atoms with Crippen molar-refractivity contribution >= 4 is 80.2 Å². The molecular weight excluding hydrogens is 902 g/mol. The predicted molar refractivity (Wildman–Crippen MR) is 242 cm³/mol. The van der Waals surface area contributed by atoms with E-state index in [9.17, 15) is 0 Å². The first-order valence-corrected chi connectivity index (χ1v) is 22.1. The number of benzene rings is 9. The summed E-state index contributed by atoms with van der Waals surface area (Å²) >= 11 is 0. The van der Waals surface area contributed by atoms with Crippen LogP contribution < -0.4 is 21.2 Å². The molecule has 0 heterocycles. The summed E-state index contributed by atoms with van der Waals surface area (Å²) in [6.45, 7) is 4.83. The maximum atomic E-state index is 7.46. The van der Waals surface area contributed by atoms with Crippen LogP contribution in [0.15, 0.2) is 194 Å². The molecule has 0 bridgehead atoms. The fourth-order valence-electron chi connectivity index (χ4n) is 7.12. The second-order valence-electron chi connectivity index (χ2n) is 13.2. The summed E-state index contributed by atoms with van der Waals surface area (Å²) in [5.41, 5.74) is 1.77. The second kappa shape index (κ2) is 20.6. The molecule has 2 atom stereocenters. The minimum Gasteiger partial charge on any atom is -0.366 e. The number of hydrogen-bond donors (Lipinski definition) is 0. The van der Waals surface area contributed by atoms with Gasteiger partial charge in [0.2, 0.25) is 0 Å². The van der Waals surface area contributed by atoms with Gasteiger partial charge in [0.15, 0.2) is 0 Å². The molecule has 0 aliphatic rings. The summed E-state index contributed by atoms with van der Waals surface area (Å²) < 4.78 is 0. The molecule has 0 aliphatic carbocycles. The smallest absolute Gasteiger partial charge is 0.366 e. The van der Waals surface area contributed by atoms with Gasteiger partial charge >= 0.3 is 44.8 Å². The van der Waals surface area contributed by atoms with Crippen LogP contribution >= 0.6 is 15.8 Å². The molecule has 0 saturated heterocycles. The van der Waals surface area contributed by atoms with Crippen molar-refractivity contribution in [2.45, 2.75) is 0 Å². The Morgan fingerprint density at radius 1 is 0.339 bits per heavy atom. The Morgan fingerprint density at radius 2 is 0.589 bits per heavy atom. The van der Waals surface area contributed by atoms with E-state index in [0.717, 1.165) is 54.2 Å². The summed E-state index contributed by atoms with van der Waals surface area (Å²) in [5.74, 6) is 5.13. The Bertz CT molecular complexity index is 2480. The van der Waals surface area contributed by atoms with Crippen LogP contribution in [0.4, 0.5) is 0 Å². The third-order valence-electron chi connectivity index (χ3n) is 9.94. The van der Waals surface area contributed by atoms with Gasteiger partial charge in [0.25, 0.3) is 0 Å². The van der Waals surface area contributed by atoms with E-state index < -0.39 is 15.8 Å². The topological polar surface area (TPSA) is 0 Å². The molecule has 0 nitrogen and oxygen atoms in total. The SMILES string of the molecule is C[PH+](c1ccccc1)c1ccccc1[PH+](C)c1ccccc1.[Ag+].[Ag+].[C-]#Cc1c2ccccc2cc2ccccc12.[C-]#Cc1c2ccccc2cc2ccccc12. The average Bonchev–Trinajstić information content (AvgIpc) is 3.25. The molecule has 9 rings (SSSR count). The second-order valence-corrected chi connectivity index (χ2v) is 17.9. The minimum atomic E-state index is -0.701. The van der Waals surface area contributed by atoms with Gasteiger partial charge in [-0.3, -0.25) is 11.8 Å². The van der Waals surface area contributed by atoms with E-state index in [4.69, 9.17) is 12.8 Å². The number of rotatable bonds is 4. The Hall–Kier alpha value is -4.52. The van der Waals surface area contributed by atoms with Crippen molar-refractivity contribution in [1.82, 2.24) is 0 Å². The first kappa shape index (κ1) is 42.6. The average molecular weight is 943 g/mol. The van der Waals surface area contributed by atoms with E-state index in [0.29, 0.717) is 0 Å². The monoisotopic (exact) mass is 940 g/mol. The largest absolute Gasteiger partial charge is 1.00 e. The van der Waals surface area contributed by atoms with E-state index in [-0.39, 0.29) is 44.8 Å². The summed E-state index contributed by atoms with van der Waals surface area (Å²) in [7, 11) is -1.40. The van der Waals surface area contributed by atoms with Crippen molar-refractivity contribution in [2.75, 3.05) is 13.3 Å². The Balaban J connectivity index is 0.000000161. The Kier molecular flexibility index (Phi) is 15.7. The molecule has 0 aliphatic heterocycles. The zero-order valence-electron chi connectivity index (χ0n) is 31.1. The molecule has 0 aromatic heterocycles. The van der Waals surface area contributed by atoms with Crippen molar-refractivity contribution in [3.05, 3.63) is 218 Å². The molecule has 0 fully saturated rings. The number of hydrogen-bond acceptors (Lipinski definition) is 0. The van der Waals surface area contributed by atoms with Crippen molar-refractivity contribution in [3.63, 3.8) is 0 Å². The van der Waals surface area contributed by atoms with Gasteiger partial charge in [-0.25, -0.2) is 0 Å². The van der Waals surface area contributed by atoms with E-state index in [1.807, 2.05) is 72.8 Å². The molecule has 56 heavy (non-hydrogen) atoms. The van der Waals surface area contributed by atoms with Crippen LogP contribution in [0.25, 0.3) is 43.1 Å². The van der Waals surface area contributed by atoms with Crippen LogP contribution in [0, 0.1) is 24.7 Å². The van der Waals surface area contributed by atoms with Crippen molar-refractivity contribution in [2.24, 2.45) is 0 Å². The third kappa shape index (κ3) is 9.53. The van der Waals surface area contributed by atoms with Gasteiger partial charge in [-0.15, -0.1) is 11.1 Å². The quantitative estimate of drug-likeness (QED) is 0.0542. The third-order valence-corrected chi connectivity index (χ3v) is 15.1. The first-order chi connectivity index (χ1) is 26.6. The van der Waals surface area contributed by atoms with Gasteiger partial charge in [-0.05, 0) is 70.1 Å². The van der Waals surface area contributed by atoms with E-state index >= 15 is 0 Å². The van der Waals surface area contributed by atoms with Gasteiger partial charge in [0.05, 0.1) is 39.8 Å². The summed E-state index contributed by atoms with van der Waals surface area (Å²) in [4.78, 5) is 0. The van der Waals surface area contributed by atoms with Crippen LogP contribution in [0.1, 0.15) is 11.1 Å². The molecule has 4 heteroatoms. The summed E-state index contributed by atoms with van der Waals surface area (Å²) in [6, 6.07) is 67.8. The zero-order valence-corrected chi connectivity index (χ0v) is 36.0. The van der Waals surface area contributed by atoms with Crippen LogP contribution in [-0.4, -0.2) is 13.3 Å². The fourth-order valence-corrected chi connectivity index (χ4v) is 11.9. The predicted octanol–water partition coefficient (Wildman–Crippen LogP) is 11.1. The van der Waals surface area contributed by atoms with Crippen LogP contribution in [0.5, 0.6) is 0 Å². The molecule has 0 N–H and O–H groups in total. The van der Waals surface area contributed by atoms with Crippen LogP contribution in [0.3, 0.4) is 0 Å². The van der Waals surface area contributed by atoms with Gasteiger partial charge in [-0.2, -0.15) is 0 Å². The molecule has 0 radical (unpaired) electrons. The Morgan fingerprint density at radius 3 is 0.875 bits per heavy atom. The molecule has 9 aromatic rings. The fraction of sp³-hybridized carbons (Fsp3) is 0.0385. The zero-order chi connectivity index (χ0) is 37.3.